The van der Waals surface area contributed by atoms with Crippen molar-refractivity contribution in [1.29, 1.82) is 0 Å². The van der Waals surface area contributed by atoms with Crippen molar-refractivity contribution in [2.24, 2.45) is 7.05 Å². The van der Waals surface area contributed by atoms with Crippen LogP contribution in [0.3, 0.4) is 0 Å². The van der Waals surface area contributed by atoms with Gasteiger partial charge in [0.05, 0.1) is 17.6 Å². The number of imidazole rings is 1. The van der Waals surface area contributed by atoms with Crippen LogP contribution in [0.1, 0.15) is 18.7 Å². The molecular formula is C14H17N3O2. The molecule has 0 unspecified atom stereocenters. The molecule has 2 aromatic rings. The predicted molar refractivity (Wildman–Crippen MR) is 71.8 cm³/mol. The third-order valence-electron chi connectivity index (χ3n) is 3.87. The summed E-state index contributed by atoms with van der Waals surface area (Å²) >= 11 is 0. The molecule has 19 heavy (non-hydrogen) atoms. The zero-order valence-electron chi connectivity index (χ0n) is 10.9. The van der Waals surface area contributed by atoms with Gasteiger partial charge < -0.3 is 9.67 Å². The van der Waals surface area contributed by atoms with Crippen molar-refractivity contribution in [2.45, 2.75) is 25.4 Å². The van der Waals surface area contributed by atoms with Gasteiger partial charge in [0.15, 0.2) is 0 Å². The summed E-state index contributed by atoms with van der Waals surface area (Å²) < 4.78 is 2.05. The van der Waals surface area contributed by atoms with E-state index in [-0.39, 0.29) is 6.04 Å². The molecule has 0 amide bonds. The average Bonchev–Trinajstić information content (AvgIpc) is 2.97. The van der Waals surface area contributed by atoms with Crippen molar-refractivity contribution < 1.29 is 9.90 Å². The number of carboxylic acid groups (broad SMARTS) is 1. The van der Waals surface area contributed by atoms with Gasteiger partial charge in [0.1, 0.15) is 11.9 Å². The Kier molecular flexibility index (Phi) is 2.98. The maximum Gasteiger partial charge on any atom is 0.320 e. The van der Waals surface area contributed by atoms with E-state index in [4.69, 9.17) is 0 Å². The Bertz CT molecular complexity index is 620. The summed E-state index contributed by atoms with van der Waals surface area (Å²) in [6, 6.07) is 7.61. The van der Waals surface area contributed by atoms with Gasteiger partial charge in [0.2, 0.25) is 0 Å². The van der Waals surface area contributed by atoms with Gasteiger partial charge in [0, 0.05) is 7.05 Å². The molecule has 5 nitrogen and oxygen atoms in total. The van der Waals surface area contributed by atoms with Crippen LogP contribution in [0.25, 0.3) is 11.0 Å². The Morgan fingerprint density at radius 2 is 2.26 bits per heavy atom. The number of rotatable bonds is 3. The first kappa shape index (κ1) is 12.2. The summed E-state index contributed by atoms with van der Waals surface area (Å²) in [6.45, 7) is 1.43. The second kappa shape index (κ2) is 4.66. The first-order chi connectivity index (χ1) is 9.16. The molecule has 1 aromatic carbocycles. The topological polar surface area (TPSA) is 58.4 Å². The van der Waals surface area contributed by atoms with Crippen molar-refractivity contribution in [2.75, 3.05) is 6.54 Å². The van der Waals surface area contributed by atoms with E-state index in [0.717, 1.165) is 36.2 Å². The molecule has 1 saturated heterocycles. The van der Waals surface area contributed by atoms with Crippen molar-refractivity contribution in [1.82, 2.24) is 14.5 Å². The van der Waals surface area contributed by atoms with Gasteiger partial charge in [-0.05, 0) is 31.5 Å². The fourth-order valence-electron chi connectivity index (χ4n) is 2.81. The lowest BCUT2D eigenvalue weighted by atomic mass is 10.2. The number of aliphatic carboxylic acids is 1. The number of fused-ring (bicyclic) bond motifs is 1. The zero-order valence-corrected chi connectivity index (χ0v) is 10.9. The van der Waals surface area contributed by atoms with E-state index in [2.05, 4.69) is 4.98 Å². The van der Waals surface area contributed by atoms with Crippen molar-refractivity contribution in [3.8, 4) is 0 Å². The highest BCUT2D eigenvalue weighted by Crippen LogP contribution is 2.22. The minimum Gasteiger partial charge on any atom is -0.480 e. The molecule has 3 rings (SSSR count). The zero-order chi connectivity index (χ0) is 13.4. The van der Waals surface area contributed by atoms with Crippen LogP contribution < -0.4 is 0 Å². The Balaban J connectivity index is 1.89. The fraction of sp³-hybridized carbons (Fsp3) is 0.429. The van der Waals surface area contributed by atoms with Crippen molar-refractivity contribution >= 4 is 17.0 Å². The number of para-hydroxylation sites is 2. The number of aryl methyl sites for hydroxylation is 1. The van der Waals surface area contributed by atoms with Crippen LogP contribution in [0.2, 0.25) is 0 Å². The number of likely N-dealkylation sites (tertiary alicyclic amines) is 1. The van der Waals surface area contributed by atoms with Crippen LogP contribution in [0, 0.1) is 0 Å². The monoisotopic (exact) mass is 259 g/mol. The number of aromatic nitrogens is 2. The molecule has 0 bridgehead atoms. The first-order valence-electron chi connectivity index (χ1n) is 6.54. The number of carboxylic acids is 1. The molecule has 0 spiro atoms. The maximum atomic E-state index is 11.2. The average molecular weight is 259 g/mol. The second-order valence-corrected chi connectivity index (χ2v) is 5.04. The molecule has 1 aromatic heterocycles. The van der Waals surface area contributed by atoms with Crippen molar-refractivity contribution in [3.05, 3.63) is 30.1 Å². The SMILES string of the molecule is Cn1c(CN2CCC[C@@H]2C(=O)O)nc2ccccc21. The summed E-state index contributed by atoms with van der Waals surface area (Å²) in [5.41, 5.74) is 2.05. The third-order valence-corrected chi connectivity index (χ3v) is 3.87. The molecule has 0 aliphatic carbocycles. The number of hydrogen-bond acceptors (Lipinski definition) is 3. The van der Waals surface area contributed by atoms with E-state index in [1.54, 1.807) is 0 Å². The summed E-state index contributed by atoms with van der Waals surface area (Å²) in [7, 11) is 1.98. The summed E-state index contributed by atoms with van der Waals surface area (Å²) in [6.07, 6.45) is 1.68. The van der Waals surface area contributed by atoms with Crippen LogP contribution in [0.4, 0.5) is 0 Å². The van der Waals surface area contributed by atoms with E-state index in [0.29, 0.717) is 6.54 Å². The lowest BCUT2D eigenvalue weighted by molar-refractivity contribution is -0.142. The fourth-order valence-corrected chi connectivity index (χ4v) is 2.81. The minimum absolute atomic E-state index is 0.361. The van der Waals surface area contributed by atoms with Crippen molar-refractivity contribution in [3.63, 3.8) is 0 Å². The lowest BCUT2D eigenvalue weighted by Gasteiger charge is -2.20. The number of benzene rings is 1. The largest absolute Gasteiger partial charge is 0.480 e. The molecule has 2 heterocycles. The van der Waals surface area contributed by atoms with Gasteiger partial charge in [0.25, 0.3) is 0 Å². The molecule has 0 saturated carbocycles. The number of hydrogen-bond donors (Lipinski definition) is 1. The summed E-state index contributed by atoms with van der Waals surface area (Å²) in [4.78, 5) is 17.8. The lowest BCUT2D eigenvalue weighted by Crippen LogP contribution is -2.36. The molecule has 1 fully saturated rings. The highest BCUT2D eigenvalue weighted by molar-refractivity contribution is 5.76. The molecule has 1 atom stereocenters. The van der Waals surface area contributed by atoms with E-state index in [9.17, 15) is 9.90 Å². The Morgan fingerprint density at radius 1 is 1.47 bits per heavy atom. The normalized spacial score (nSPS) is 20.2. The van der Waals surface area contributed by atoms with E-state index in [1.165, 1.54) is 0 Å². The molecule has 5 heteroatoms. The number of carbonyl (C=O) groups is 1. The molecular weight excluding hydrogens is 242 g/mol. The third kappa shape index (κ3) is 2.10. The highest BCUT2D eigenvalue weighted by atomic mass is 16.4. The Labute approximate surface area is 111 Å². The Morgan fingerprint density at radius 3 is 3.00 bits per heavy atom. The second-order valence-electron chi connectivity index (χ2n) is 5.04. The van der Waals surface area contributed by atoms with Crippen LogP contribution in [0.5, 0.6) is 0 Å². The minimum atomic E-state index is -0.726. The van der Waals surface area contributed by atoms with E-state index in [1.807, 2.05) is 40.8 Å². The van der Waals surface area contributed by atoms with Crippen LogP contribution in [-0.2, 0) is 18.4 Å². The molecule has 0 radical (unpaired) electrons. The molecule has 1 aliphatic heterocycles. The van der Waals surface area contributed by atoms with Gasteiger partial charge >= 0.3 is 5.97 Å². The standard InChI is InChI=1S/C14H17N3O2/c1-16-11-6-3-2-5-10(11)15-13(16)9-17-8-4-7-12(17)14(18)19/h2-3,5-6,12H,4,7-9H2,1H3,(H,18,19)/t12-/m1/s1. The molecule has 1 aliphatic rings. The molecule has 100 valence electrons. The summed E-state index contributed by atoms with van der Waals surface area (Å²) in [5.74, 6) is 0.200. The molecule has 1 N–H and O–H groups in total. The first-order valence-corrected chi connectivity index (χ1v) is 6.54. The predicted octanol–water partition coefficient (Wildman–Crippen LogP) is 1.62. The van der Waals surface area contributed by atoms with Crippen LogP contribution in [0.15, 0.2) is 24.3 Å². The van der Waals surface area contributed by atoms with Crippen LogP contribution in [-0.4, -0.2) is 38.1 Å². The van der Waals surface area contributed by atoms with E-state index >= 15 is 0 Å². The Hall–Kier alpha value is -1.88. The van der Waals surface area contributed by atoms with Gasteiger partial charge in [-0.15, -0.1) is 0 Å². The number of nitrogens with zero attached hydrogens (tertiary/aromatic N) is 3. The summed E-state index contributed by atoms with van der Waals surface area (Å²) in [5, 5.41) is 9.20. The highest BCUT2D eigenvalue weighted by Gasteiger charge is 2.31. The maximum absolute atomic E-state index is 11.2. The van der Waals surface area contributed by atoms with Gasteiger partial charge in [-0.2, -0.15) is 0 Å². The van der Waals surface area contributed by atoms with Gasteiger partial charge in [-0.3, -0.25) is 9.69 Å². The van der Waals surface area contributed by atoms with Gasteiger partial charge in [-0.1, -0.05) is 12.1 Å². The van der Waals surface area contributed by atoms with Gasteiger partial charge in [-0.25, -0.2) is 4.98 Å². The van der Waals surface area contributed by atoms with Crippen LogP contribution >= 0.6 is 0 Å². The van der Waals surface area contributed by atoms with E-state index < -0.39 is 5.97 Å². The smallest absolute Gasteiger partial charge is 0.320 e. The quantitative estimate of drug-likeness (QED) is 0.910.